The van der Waals surface area contributed by atoms with Crippen LogP contribution >= 0.6 is 0 Å². The number of rotatable bonds is 5. The highest BCUT2D eigenvalue weighted by atomic mass is 16.3. The van der Waals surface area contributed by atoms with Gasteiger partial charge in [-0.2, -0.15) is 0 Å². The van der Waals surface area contributed by atoms with Crippen molar-refractivity contribution in [2.24, 2.45) is 11.8 Å². The number of fused-ring (bicyclic) bond motifs is 4. The van der Waals surface area contributed by atoms with Crippen LogP contribution in [0.4, 0.5) is 0 Å². The maximum absolute atomic E-state index is 11.3. The van der Waals surface area contributed by atoms with Crippen LogP contribution in [0.2, 0.25) is 0 Å². The molecule has 5 rings (SSSR count). The number of hydrogen-bond donors (Lipinski definition) is 1. The molecule has 3 fully saturated rings. The largest absolute Gasteiger partial charge is 0.387 e. The SMILES string of the molecule is CCC(C)c1ccc2nccc([C@@H](O)[C@H]3CC4CCN3CC4CC)c2c1. The number of hydrogen-bond acceptors (Lipinski definition) is 3. The highest BCUT2D eigenvalue weighted by Gasteiger charge is 2.42. The standard InChI is InChI=1S/C23H32N2O/c1-4-15(3)17-6-7-21-20(12-17)19(8-10-24-21)23(26)22-13-18-9-11-25(22)14-16(18)5-2/h6-8,10,12,15-16,18,22-23,26H,4-5,9,11,13-14H2,1-3H3/t15?,16?,18?,22-,23-/m1/s1. The molecule has 2 bridgehead atoms. The van der Waals surface area contributed by atoms with E-state index in [9.17, 15) is 5.11 Å². The molecule has 3 aliphatic rings. The Hall–Kier alpha value is -1.45. The number of piperidine rings is 3. The van der Waals surface area contributed by atoms with E-state index in [1.54, 1.807) is 0 Å². The van der Waals surface area contributed by atoms with Crippen molar-refractivity contribution in [2.45, 2.75) is 64.5 Å². The Morgan fingerprint density at radius 3 is 2.81 bits per heavy atom. The minimum atomic E-state index is -0.423. The average Bonchev–Trinajstić information content (AvgIpc) is 2.71. The molecule has 2 aromatic rings. The zero-order valence-electron chi connectivity index (χ0n) is 16.4. The summed E-state index contributed by atoms with van der Waals surface area (Å²) in [5.41, 5.74) is 3.40. The van der Waals surface area contributed by atoms with Crippen molar-refractivity contribution in [3.05, 3.63) is 41.6 Å². The molecular formula is C23H32N2O. The number of aromatic nitrogens is 1. The third kappa shape index (κ3) is 3.05. The highest BCUT2D eigenvalue weighted by Crippen LogP contribution is 2.42. The summed E-state index contributed by atoms with van der Waals surface area (Å²) in [5, 5.41) is 12.5. The van der Waals surface area contributed by atoms with Gasteiger partial charge in [-0.1, -0.05) is 33.3 Å². The number of pyridine rings is 1. The number of benzene rings is 1. The molecule has 3 heteroatoms. The van der Waals surface area contributed by atoms with Crippen LogP contribution in [0.5, 0.6) is 0 Å². The Bertz CT molecular complexity index is 774. The van der Waals surface area contributed by atoms with Crippen molar-refractivity contribution in [3.8, 4) is 0 Å². The highest BCUT2D eigenvalue weighted by molar-refractivity contribution is 5.83. The van der Waals surface area contributed by atoms with Gasteiger partial charge in [0.25, 0.3) is 0 Å². The second-order valence-electron chi connectivity index (χ2n) is 8.45. The van der Waals surface area contributed by atoms with Gasteiger partial charge >= 0.3 is 0 Å². The smallest absolute Gasteiger partial charge is 0.0952 e. The van der Waals surface area contributed by atoms with Crippen LogP contribution in [-0.4, -0.2) is 34.1 Å². The van der Waals surface area contributed by atoms with Gasteiger partial charge in [0.05, 0.1) is 11.6 Å². The molecule has 4 heterocycles. The van der Waals surface area contributed by atoms with Crippen molar-refractivity contribution in [1.82, 2.24) is 9.88 Å². The molecular weight excluding hydrogens is 320 g/mol. The van der Waals surface area contributed by atoms with Crippen LogP contribution < -0.4 is 0 Å². The van der Waals surface area contributed by atoms with Gasteiger partial charge < -0.3 is 5.11 Å². The molecule has 26 heavy (non-hydrogen) atoms. The molecule has 4 unspecified atom stereocenters. The van der Waals surface area contributed by atoms with Gasteiger partial charge in [-0.25, -0.2) is 0 Å². The van der Waals surface area contributed by atoms with Crippen molar-refractivity contribution in [1.29, 1.82) is 0 Å². The average molecular weight is 353 g/mol. The number of aliphatic hydroxyl groups is 1. The predicted molar refractivity (Wildman–Crippen MR) is 107 cm³/mol. The minimum absolute atomic E-state index is 0.259. The summed E-state index contributed by atoms with van der Waals surface area (Å²) < 4.78 is 0. The van der Waals surface area contributed by atoms with E-state index in [1.165, 1.54) is 18.4 Å². The number of aliphatic hydroxyl groups excluding tert-OH is 1. The van der Waals surface area contributed by atoms with Gasteiger partial charge in [-0.05, 0) is 72.9 Å². The van der Waals surface area contributed by atoms with E-state index < -0.39 is 6.10 Å². The fourth-order valence-electron chi connectivity index (χ4n) is 5.16. The lowest BCUT2D eigenvalue weighted by Gasteiger charge is -2.51. The van der Waals surface area contributed by atoms with Crippen LogP contribution in [-0.2, 0) is 0 Å². The van der Waals surface area contributed by atoms with Crippen molar-refractivity contribution < 1.29 is 5.11 Å². The predicted octanol–water partition coefficient (Wildman–Crippen LogP) is 4.90. The molecule has 140 valence electrons. The Balaban J connectivity index is 1.68. The van der Waals surface area contributed by atoms with Gasteiger partial charge in [0.1, 0.15) is 0 Å². The Morgan fingerprint density at radius 1 is 1.27 bits per heavy atom. The second-order valence-corrected chi connectivity index (χ2v) is 8.45. The molecule has 1 aromatic heterocycles. The third-order valence-corrected chi connectivity index (χ3v) is 7.12. The maximum atomic E-state index is 11.3. The van der Waals surface area contributed by atoms with Crippen LogP contribution in [0.3, 0.4) is 0 Å². The molecule has 0 saturated carbocycles. The molecule has 6 atom stereocenters. The lowest BCUT2D eigenvalue weighted by molar-refractivity contribution is -0.0562. The van der Waals surface area contributed by atoms with Crippen molar-refractivity contribution in [2.75, 3.05) is 13.1 Å². The Labute approximate surface area is 157 Å². The summed E-state index contributed by atoms with van der Waals surface area (Å²) in [6, 6.07) is 8.87. The zero-order chi connectivity index (χ0) is 18.3. The van der Waals surface area contributed by atoms with Crippen LogP contribution in [0.1, 0.15) is 69.6 Å². The zero-order valence-corrected chi connectivity index (χ0v) is 16.4. The van der Waals surface area contributed by atoms with E-state index in [2.05, 4.69) is 48.9 Å². The first-order chi connectivity index (χ1) is 12.6. The summed E-state index contributed by atoms with van der Waals surface area (Å²) in [5.74, 6) is 2.14. The lowest BCUT2D eigenvalue weighted by Crippen LogP contribution is -2.55. The van der Waals surface area contributed by atoms with E-state index in [1.807, 2.05) is 12.3 Å². The van der Waals surface area contributed by atoms with Gasteiger partial charge in [-0.3, -0.25) is 9.88 Å². The van der Waals surface area contributed by atoms with E-state index in [-0.39, 0.29) is 6.04 Å². The van der Waals surface area contributed by atoms with Crippen molar-refractivity contribution in [3.63, 3.8) is 0 Å². The molecule has 0 spiro atoms. The van der Waals surface area contributed by atoms with Gasteiger partial charge in [0.15, 0.2) is 0 Å². The molecule has 1 N–H and O–H groups in total. The molecule has 0 aliphatic carbocycles. The van der Waals surface area contributed by atoms with Gasteiger partial charge in [0, 0.05) is 24.2 Å². The monoisotopic (exact) mass is 352 g/mol. The number of nitrogens with zero attached hydrogens (tertiary/aromatic N) is 2. The summed E-state index contributed by atoms with van der Waals surface area (Å²) in [4.78, 5) is 7.09. The fourth-order valence-corrected chi connectivity index (χ4v) is 5.16. The lowest BCUT2D eigenvalue weighted by atomic mass is 9.72. The maximum Gasteiger partial charge on any atom is 0.0952 e. The molecule has 3 nitrogen and oxygen atoms in total. The molecule has 0 radical (unpaired) electrons. The van der Waals surface area contributed by atoms with Crippen LogP contribution in [0, 0.1) is 11.8 Å². The van der Waals surface area contributed by atoms with Crippen LogP contribution in [0.15, 0.2) is 30.5 Å². The van der Waals surface area contributed by atoms with Crippen molar-refractivity contribution >= 4 is 10.9 Å². The van der Waals surface area contributed by atoms with Crippen LogP contribution in [0.25, 0.3) is 10.9 Å². The first kappa shape index (κ1) is 17.9. The topological polar surface area (TPSA) is 36.4 Å². The van der Waals surface area contributed by atoms with E-state index >= 15 is 0 Å². The molecule has 1 aromatic carbocycles. The first-order valence-corrected chi connectivity index (χ1v) is 10.4. The molecule has 0 amide bonds. The van der Waals surface area contributed by atoms with E-state index in [0.29, 0.717) is 5.92 Å². The summed E-state index contributed by atoms with van der Waals surface area (Å²) in [7, 11) is 0. The molecule has 3 aliphatic heterocycles. The summed E-state index contributed by atoms with van der Waals surface area (Å²) >= 11 is 0. The normalized spacial score (nSPS) is 30.5. The van der Waals surface area contributed by atoms with E-state index in [4.69, 9.17) is 0 Å². The Morgan fingerprint density at radius 2 is 2.12 bits per heavy atom. The summed E-state index contributed by atoms with van der Waals surface area (Å²) in [6.07, 6.45) is 6.26. The summed E-state index contributed by atoms with van der Waals surface area (Å²) in [6.45, 7) is 9.10. The molecule has 3 saturated heterocycles. The van der Waals surface area contributed by atoms with Gasteiger partial charge in [0.2, 0.25) is 0 Å². The quantitative estimate of drug-likeness (QED) is 0.831. The Kier molecular flexibility index (Phi) is 5.02. The second kappa shape index (κ2) is 7.28. The van der Waals surface area contributed by atoms with E-state index in [0.717, 1.165) is 54.2 Å². The van der Waals surface area contributed by atoms with Gasteiger partial charge in [-0.15, -0.1) is 0 Å². The minimum Gasteiger partial charge on any atom is -0.387 e. The third-order valence-electron chi connectivity index (χ3n) is 7.12. The first-order valence-electron chi connectivity index (χ1n) is 10.4. The fraction of sp³-hybridized carbons (Fsp3) is 0.609.